The number of likely N-dealkylation sites (tertiary alicyclic amines) is 1. The Balaban J connectivity index is 1.82. The van der Waals surface area contributed by atoms with Gasteiger partial charge in [0.1, 0.15) is 0 Å². The third-order valence-electron chi connectivity index (χ3n) is 4.04. The number of hydrogen-bond acceptors (Lipinski definition) is 4. The van der Waals surface area contributed by atoms with Crippen molar-refractivity contribution in [3.8, 4) is 0 Å². The molecule has 1 fully saturated rings. The van der Waals surface area contributed by atoms with Gasteiger partial charge in [0.05, 0.1) is 16.6 Å². The molecule has 6 heteroatoms. The zero-order valence-corrected chi connectivity index (χ0v) is 13.4. The van der Waals surface area contributed by atoms with Crippen LogP contribution in [0.5, 0.6) is 0 Å². The van der Waals surface area contributed by atoms with Gasteiger partial charge in [0.2, 0.25) is 5.91 Å². The second-order valence-corrected chi connectivity index (χ2v) is 6.78. The molecule has 116 valence electrons. The van der Waals surface area contributed by atoms with E-state index in [1.807, 2.05) is 19.2 Å². The summed E-state index contributed by atoms with van der Waals surface area (Å²) < 4.78 is 0. The van der Waals surface area contributed by atoms with E-state index < -0.39 is 11.9 Å². The molecule has 21 heavy (non-hydrogen) atoms. The lowest BCUT2D eigenvalue weighted by Crippen LogP contribution is -2.47. The van der Waals surface area contributed by atoms with E-state index in [0.717, 1.165) is 30.0 Å². The summed E-state index contributed by atoms with van der Waals surface area (Å²) in [6.45, 7) is 4.33. The van der Waals surface area contributed by atoms with Crippen LogP contribution in [-0.2, 0) is 16.0 Å². The standard InChI is InChI=1S/C15H22N2O3S/c1-10-6-7-12(15(19)20)8-17(10)14(18)5-3-4-13-9-21-11(2)16-13/h9-10,12H,3-8H2,1-2H3,(H,19,20). The van der Waals surface area contributed by atoms with Gasteiger partial charge in [0, 0.05) is 24.4 Å². The molecule has 1 aliphatic heterocycles. The van der Waals surface area contributed by atoms with Gasteiger partial charge in [-0.25, -0.2) is 4.98 Å². The van der Waals surface area contributed by atoms with Crippen LogP contribution in [0.2, 0.25) is 0 Å². The van der Waals surface area contributed by atoms with Crippen LogP contribution in [0.25, 0.3) is 0 Å². The highest BCUT2D eigenvalue weighted by molar-refractivity contribution is 7.09. The molecule has 0 aliphatic carbocycles. The molecule has 1 aromatic heterocycles. The van der Waals surface area contributed by atoms with Gasteiger partial charge in [0.15, 0.2) is 0 Å². The highest BCUT2D eigenvalue weighted by Gasteiger charge is 2.32. The van der Waals surface area contributed by atoms with Crippen molar-refractivity contribution in [2.24, 2.45) is 5.92 Å². The molecule has 1 N–H and O–H groups in total. The molecule has 0 spiro atoms. The fourth-order valence-electron chi connectivity index (χ4n) is 2.74. The van der Waals surface area contributed by atoms with Crippen molar-refractivity contribution >= 4 is 23.2 Å². The van der Waals surface area contributed by atoms with Gasteiger partial charge in [-0.15, -0.1) is 11.3 Å². The molecule has 1 aromatic rings. The number of nitrogens with zero attached hydrogens (tertiary/aromatic N) is 2. The quantitative estimate of drug-likeness (QED) is 0.907. The number of carboxylic acids is 1. The van der Waals surface area contributed by atoms with Crippen LogP contribution in [0.3, 0.4) is 0 Å². The maximum absolute atomic E-state index is 12.3. The number of carboxylic acid groups (broad SMARTS) is 1. The van der Waals surface area contributed by atoms with Crippen molar-refractivity contribution in [1.82, 2.24) is 9.88 Å². The highest BCUT2D eigenvalue weighted by atomic mass is 32.1. The highest BCUT2D eigenvalue weighted by Crippen LogP contribution is 2.23. The number of carbonyl (C=O) groups excluding carboxylic acids is 1. The van der Waals surface area contributed by atoms with Gasteiger partial charge in [-0.2, -0.15) is 0 Å². The number of aromatic nitrogens is 1. The summed E-state index contributed by atoms with van der Waals surface area (Å²) in [6, 6.07) is 0.148. The minimum Gasteiger partial charge on any atom is -0.481 e. The second kappa shape index (κ2) is 7.02. The normalized spacial score (nSPS) is 22.3. The minimum absolute atomic E-state index is 0.0698. The number of aliphatic carboxylic acids is 1. The first kappa shape index (κ1) is 15.9. The topological polar surface area (TPSA) is 70.5 Å². The van der Waals surface area contributed by atoms with Crippen LogP contribution in [-0.4, -0.2) is 39.5 Å². The molecule has 1 saturated heterocycles. The largest absolute Gasteiger partial charge is 0.481 e. The van der Waals surface area contributed by atoms with Crippen molar-refractivity contribution in [1.29, 1.82) is 0 Å². The lowest BCUT2D eigenvalue weighted by atomic mass is 9.93. The Labute approximate surface area is 129 Å². The average molecular weight is 310 g/mol. The fraction of sp³-hybridized carbons (Fsp3) is 0.667. The van der Waals surface area contributed by atoms with E-state index >= 15 is 0 Å². The molecule has 0 saturated carbocycles. The second-order valence-electron chi connectivity index (χ2n) is 5.72. The van der Waals surface area contributed by atoms with Gasteiger partial charge >= 0.3 is 5.97 Å². The molecule has 0 radical (unpaired) electrons. The van der Waals surface area contributed by atoms with E-state index in [0.29, 0.717) is 19.4 Å². The van der Waals surface area contributed by atoms with E-state index in [2.05, 4.69) is 4.98 Å². The number of carbonyl (C=O) groups is 2. The lowest BCUT2D eigenvalue weighted by Gasteiger charge is -2.36. The summed E-state index contributed by atoms with van der Waals surface area (Å²) in [5.41, 5.74) is 1.04. The average Bonchev–Trinajstić information content (AvgIpc) is 2.84. The van der Waals surface area contributed by atoms with Crippen LogP contribution in [0.1, 0.15) is 43.3 Å². The monoisotopic (exact) mass is 310 g/mol. The molecule has 2 rings (SSSR count). The van der Waals surface area contributed by atoms with Crippen LogP contribution >= 0.6 is 11.3 Å². The molecule has 2 unspecified atom stereocenters. The van der Waals surface area contributed by atoms with Crippen molar-refractivity contribution in [3.63, 3.8) is 0 Å². The number of piperidine rings is 1. The first-order valence-electron chi connectivity index (χ1n) is 7.40. The van der Waals surface area contributed by atoms with E-state index in [4.69, 9.17) is 5.11 Å². The van der Waals surface area contributed by atoms with Gasteiger partial charge < -0.3 is 10.0 Å². The van der Waals surface area contributed by atoms with Crippen molar-refractivity contribution < 1.29 is 14.7 Å². The molecule has 1 amide bonds. The van der Waals surface area contributed by atoms with Crippen LogP contribution in [0.4, 0.5) is 0 Å². The molecule has 2 heterocycles. The van der Waals surface area contributed by atoms with Crippen LogP contribution in [0, 0.1) is 12.8 Å². The zero-order chi connectivity index (χ0) is 15.4. The molecular weight excluding hydrogens is 288 g/mol. The Kier molecular flexibility index (Phi) is 5.33. The van der Waals surface area contributed by atoms with Gasteiger partial charge in [-0.05, 0) is 39.5 Å². The number of aryl methyl sites for hydroxylation is 2. The molecule has 2 atom stereocenters. The van der Waals surface area contributed by atoms with Crippen molar-refractivity contribution in [2.75, 3.05) is 6.54 Å². The number of rotatable bonds is 5. The zero-order valence-electron chi connectivity index (χ0n) is 12.5. The third-order valence-corrected chi connectivity index (χ3v) is 4.86. The SMILES string of the molecule is Cc1nc(CCCC(=O)N2CC(C(=O)O)CCC2C)cs1. The van der Waals surface area contributed by atoms with E-state index in [9.17, 15) is 9.59 Å². The minimum atomic E-state index is -0.794. The van der Waals surface area contributed by atoms with Gasteiger partial charge in [-0.1, -0.05) is 0 Å². The van der Waals surface area contributed by atoms with Crippen molar-refractivity contribution in [2.45, 2.75) is 52.0 Å². The summed E-state index contributed by atoms with van der Waals surface area (Å²) in [7, 11) is 0. The van der Waals surface area contributed by atoms with E-state index in [1.54, 1.807) is 16.2 Å². The summed E-state index contributed by atoms with van der Waals surface area (Å²) in [6.07, 6.45) is 3.48. The van der Waals surface area contributed by atoms with Crippen LogP contribution in [0.15, 0.2) is 5.38 Å². The van der Waals surface area contributed by atoms with Gasteiger partial charge in [-0.3, -0.25) is 9.59 Å². The van der Waals surface area contributed by atoms with Gasteiger partial charge in [0.25, 0.3) is 0 Å². The maximum Gasteiger partial charge on any atom is 0.308 e. The Morgan fingerprint density at radius 1 is 1.48 bits per heavy atom. The number of thiazole rings is 1. The third kappa shape index (κ3) is 4.27. The smallest absolute Gasteiger partial charge is 0.308 e. The first-order chi connectivity index (χ1) is 9.97. The fourth-order valence-corrected chi connectivity index (χ4v) is 3.39. The predicted molar refractivity (Wildman–Crippen MR) is 81.3 cm³/mol. The number of amides is 1. The number of hydrogen-bond donors (Lipinski definition) is 1. The Hall–Kier alpha value is -1.43. The molecule has 1 aliphatic rings. The molecule has 0 aromatic carbocycles. The predicted octanol–water partition coefficient (Wildman–Crippen LogP) is 2.49. The summed E-state index contributed by atoms with van der Waals surface area (Å²) in [4.78, 5) is 29.5. The summed E-state index contributed by atoms with van der Waals surface area (Å²) in [5.74, 6) is -1.13. The first-order valence-corrected chi connectivity index (χ1v) is 8.28. The van der Waals surface area contributed by atoms with Crippen LogP contribution < -0.4 is 0 Å². The summed E-state index contributed by atoms with van der Waals surface area (Å²) >= 11 is 1.62. The maximum atomic E-state index is 12.3. The summed E-state index contributed by atoms with van der Waals surface area (Å²) in [5, 5.41) is 12.2. The lowest BCUT2D eigenvalue weighted by molar-refractivity contribution is -0.147. The molecule has 0 bridgehead atoms. The van der Waals surface area contributed by atoms with E-state index in [1.165, 1.54) is 0 Å². The molecule has 5 nitrogen and oxygen atoms in total. The Morgan fingerprint density at radius 2 is 2.24 bits per heavy atom. The Morgan fingerprint density at radius 3 is 2.86 bits per heavy atom. The van der Waals surface area contributed by atoms with E-state index in [-0.39, 0.29) is 11.9 Å². The van der Waals surface area contributed by atoms with Crippen molar-refractivity contribution in [3.05, 3.63) is 16.1 Å². The molecular formula is C15H22N2O3S. The Bertz CT molecular complexity index is 515.